The second-order valence-electron chi connectivity index (χ2n) is 5.03. The maximum atomic E-state index is 11.8. The molecule has 0 unspecified atom stereocenters. The van der Waals surface area contributed by atoms with Crippen molar-refractivity contribution >= 4 is 40.7 Å². The highest BCUT2D eigenvalue weighted by molar-refractivity contribution is 6.40. The predicted molar refractivity (Wildman–Crippen MR) is 92.9 cm³/mol. The molecule has 2 rings (SSSR count). The normalized spacial score (nSPS) is 9.92. The molecule has 124 valence electrons. The average molecular weight is 346 g/mol. The number of nitrogens with one attached hydrogen (secondary N) is 3. The number of amides is 3. The van der Waals surface area contributed by atoms with Crippen molar-refractivity contribution < 1.29 is 14.4 Å². The molecule has 0 aromatic heterocycles. The van der Waals surface area contributed by atoms with Gasteiger partial charge < -0.3 is 16.0 Å². The number of carbonyl (C=O) groups excluding carboxylic acids is 3. The lowest BCUT2D eigenvalue weighted by atomic mass is 10.2. The van der Waals surface area contributed by atoms with Crippen molar-refractivity contribution in [1.82, 2.24) is 5.32 Å². The topological polar surface area (TPSA) is 87.3 Å². The van der Waals surface area contributed by atoms with E-state index < -0.39 is 17.7 Å². The largest absolute Gasteiger partial charge is 0.339 e. The molecule has 0 saturated heterocycles. The molecule has 0 aliphatic rings. The molecule has 0 aliphatic carbocycles. The van der Waals surface area contributed by atoms with Crippen molar-refractivity contribution in [1.29, 1.82) is 0 Å². The van der Waals surface area contributed by atoms with E-state index in [-0.39, 0.29) is 6.54 Å². The van der Waals surface area contributed by atoms with Crippen LogP contribution in [0.15, 0.2) is 48.5 Å². The van der Waals surface area contributed by atoms with Crippen molar-refractivity contribution in [3.05, 3.63) is 59.1 Å². The van der Waals surface area contributed by atoms with Crippen molar-refractivity contribution in [2.75, 3.05) is 17.2 Å². The van der Waals surface area contributed by atoms with Crippen molar-refractivity contribution in [2.45, 2.75) is 6.92 Å². The van der Waals surface area contributed by atoms with Crippen LogP contribution in [0.25, 0.3) is 0 Å². The Morgan fingerprint density at radius 2 is 1.71 bits per heavy atom. The fourth-order valence-corrected chi connectivity index (χ4v) is 2.09. The molecule has 24 heavy (non-hydrogen) atoms. The van der Waals surface area contributed by atoms with Gasteiger partial charge in [0.05, 0.1) is 17.3 Å². The van der Waals surface area contributed by atoms with Crippen LogP contribution in [0.3, 0.4) is 0 Å². The van der Waals surface area contributed by atoms with Crippen LogP contribution in [0.1, 0.15) is 5.56 Å². The van der Waals surface area contributed by atoms with Gasteiger partial charge in [-0.1, -0.05) is 35.9 Å². The Kier molecular flexibility index (Phi) is 5.92. The van der Waals surface area contributed by atoms with E-state index in [1.165, 1.54) is 0 Å². The van der Waals surface area contributed by atoms with Gasteiger partial charge in [0, 0.05) is 5.69 Å². The number of aryl methyl sites for hydroxylation is 1. The lowest BCUT2D eigenvalue weighted by Crippen LogP contribution is -2.39. The third-order valence-electron chi connectivity index (χ3n) is 3.04. The minimum absolute atomic E-state index is 0.342. The molecule has 0 bridgehead atoms. The van der Waals surface area contributed by atoms with Crippen LogP contribution in [0.2, 0.25) is 5.02 Å². The molecule has 3 amide bonds. The van der Waals surface area contributed by atoms with Crippen molar-refractivity contribution in [2.24, 2.45) is 0 Å². The van der Waals surface area contributed by atoms with Gasteiger partial charge in [0.25, 0.3) is 0 Å². The smallest absolute Gasteiger partial charge is 0.313 e. The monoisotopic (exact) mass is 345 g/mol. The summed E-state index contributed by atoms with van der Waals surface area (Å²) in [6, 6.07) is 13.7. The van der Waals surface area contributed by atoms with Gasteiger partial charge in [0.1, 0.15) is 0 Å². The van der Waals surface area contributed by atoms with E-state index in [2.05, 4.69) is 16.0 Å². The van der Waals surface area contributed by atoms with Crippen LogP contribution < -0.4 is 16.0 Å². The number of benzene rings is 2. The zero-order valence-corrected chi connectivity index (χ0v) is 13.7. The van der Waals surface area contributed by atoms with Crippen molar-refractivity contribution in [3.8, 4) is 0 Å². The molecule has 0 radical (unpaired) electrons. The highest BCUT2D eigenvalue weighted by Crippen LogP contribution is 2.19. The number of anilines is 2. The van der Waals surface area contributed by atoms with E-state index in [1.54, 1.807) is 42.5 Å². The quantitative estimate of drug-likeness (QED) is 0.743. The lowest BCUT2D eigenvalue weighted by molar-refractivity contribution is -0.136. The van der Waals surface area contributed by atoms with Crippen LogP contribution in [0.5, 0.6) is 0 Å². The zero-order valence-electron chi connectivity index (χ0n) is 12.9. The number of carbonyl (C=O) groups is 3. The van der Waals surface area contributed by atoms with Gasteiger partial charge in [-0.15, -0.1) is 0 Å². The highest BCUT2D eigenvalue weighted by atomic mass is 35.5. The van der Waals surface area contributed by atoms with Crippen LogP contribution >= 0.6 is 11.6 Å². The van der Waals surface area contributed by atoms with Gasteiger partial charge in [-0.3, -0.25) is 14.4 Å². The molecule has 0 aliphatic heterocycles. The summed E-state index contributed by atoms with van der Waals surface area (Å²) in [7, 11) is 0. The van der Waals surface area contributed by atoms with E-state index in [0.717, 1.165) is 5.56 Å². The molecule has 0 saturated carbocycles. The Bertz CT molecular complexity index is 777. The summed E-state index contributed by atoms with van der Waals surface area (Å²) >= 11 is 5.92. The average Bonchev–Trinajstić information content (AvgIpc) is 2.54. The molecular weight excluding hydrogens is 330 g/mol. The van der Waals surface area contributed by atoms with Crippen LogP contribution in [-0.4, -0.2) is 24.3 Å². The second-order valence-corrected chi connectivity index (χ2v) is 5.44. The van der Waals surface area contributed by atoms with Gasteiger partial charge in [-0.2, -0.15) is 0 Å². The summed E-state index contributed by atoms with van der Waals surface area (Å²) in [5.41, 5.74) is 1.89. The SMILES string of the molecule is Cc1cccc(NC(=O)C(=O)NCC(=O)Nc2ccccc2Cl)c1. The van der Waals surface area contributed by atoms with Gasteiger partial charge in [0.15, 0.2) is 0 Å². The minimum atomic E-state index is -0.897. The van der Waals surface area contributed by atoms with E-state index in [1.807, 2.05) is 13.0 Å². The molecule has 0 atom stereocenters. The fraction of sp³-hybridized carbons (Fsp3) is 0.118. The van der Waals surface area contributed by atoms with E-state index in [9.17, 15) is 14.4 Å². The molecular formula is C17H16ClN3O3. The third kappa shape index (κ3) is 5.10. The third-order valence-corrected chi connectivity index (χ3v) is 3.37. The second kappa shape index (κ2) is 8.12. The summed E-state index contributed by atoms with van der Waals surface area (Å²) in [5, 5.41) is 7.64. The van der Waals surface area contributed by atoms with E-state index in [4.69, 9.17) is 11.6 Å². The number of para-hydroxylation sites is 1. The Labute approximate surface area is 144 Å². The van der Waals surface area contributed by atoms with Crippen LogP contribution in [0, 0.1) is 6.92 Å². The minimum Gasteiger partial charge on any atom is -0.339 e. The first-order valence-electron chi connectivity index (χ1n) is 7.16. The number of hydrogen-bond acceptors (Lipinski definition) is 3. The van der Waals surface area contributed by atoms with Gasteiger partial charge >= 0.3 is 11.8 Å². The van der Waals surface area contributed by atoms with Gasteiger partial charge in [0.2, 0.25) is 5.91 Å². The Hall–Kier alpha value is -2.86. The summed E-state index contributed by atoms with van der Waals surface area (Å²) < 4.78 is 0. The van der Waals surface area contributed by atoms with Gasteiger partial charge in [-0.05, 0) is 36.8 Å². The summed E-state index contributed by atoms with van der Waals surface area (Å²) in [5.74, 6) is -2.23. The number of rotatable bonds is 4. The molecule has 6 nitrogen and oxygen atoms in total. The van der Waals surface area contributed by atoms with Gasteiger partial charge in [-0.25, -0.2) is 0 Å². The molecule has 0 fully saturated rings. The first-order chi connectivity index (χ1) is 11.5. The summed E-state index contributed by atoms with van der Waals surface area (Å²) in [6.07, 6.45) is 0. The summed E-state index contributed by atoms with van der Waals surface area (Å²) in [4.78, 5) is 35.3. The fourth-order valence-electron chi connectivity index (χ4n) is 1.91. The molecule has 0 spiro atoms. The molecule has 2 aromatic rings. The first-order valence-corrected chi connectivity index (χ1v) is 7.54. The maximum absolute atomic E-state index is 11.8. The molecule has 0 heterocycles. The zero-order chi connectivity index (χ0) is 17.5. The van der Waals surface area contributed by atoms with Crippen LogP contribution in [-0.2, 0) is 14.4 Å². The first kappa shape index (κ1) is 17.5. The van der Waals surface area contributed by atoms with Crippen molar-refractivity contribution in [3.63, 3.8) is 0 Å². The number of halogens is 1. The molecule has 7 heteroatoms. The Balaban J connectivity index is 1.83. The highest BCUT2D eigenvalue weighted by Gasteiger charge is 2.15. The number of hydrogen-bond donors (Lipinski definition) is 3. The standard InChI is InChI=1S/C17H16ClN3O3/c1-11-5-4-6-12(9-11)20-17(24)16(23)19-10-15(22)21-14-8-3-2-7-13(14)18/h2-9H,10H2,1H3,(H,19,23)(H,20,24)(H,21,22). The maximum Gasteiger partial charge on any atom is 0.313 e. The summed E-state index contributed by atoms with van der Waals surface area (Å²) in [6.45, 7) is 1.53. The van der Waals surface area contributed by atoms with Crippen LogP contribution in [0.4, 0.5) is 11.4 Å². The predicted octanol–water partition coefficient (Wildman–Crippen LogP) is 2.34. The van der Waals surface area contributed by atoms with E-state index >= 15 is 0 Å². The Morgan fingerprint density at radius 1 is 0.958 bits per heavy atom. The molecule has 2 aromatic carbocycles. The lowest BCUT2D eigenvalue weighted by Gasteiger charge is -2.09. The molecule has 3 N–H and O–H groups in total. The van der Waals surface area contributed by atoms with E-state index in [0.29, 0.717) is 16.4 Å². The Morgan fingerprint density at radius 3 is 2.42 bits per heavy atom.